The number of aromatic nitrogens is 3. The van der Waals surface area contributed by atoms with Crippen molar-refractivity contribution in [2.75, 3.05) is 6.54 Å². The molecule has 0 amide bonds. The van der Waals surface area contributed by atoms with E-state index in [0.717, 1.165) is 40.7 Å². The molecule has 4 aromatic rings. The third-order valence-corrected chi connectivity index (χ3v) is 6.40. The monoisotopic (exact) mass is 404 g/mol. The second kappa shape index (κ2) is 7.47. The van der Waals surface area contributed by atoms with Crippen LogP contribution in [0, 0.1) is 4.77 Å². The van der Waals surface area contributed by atoms with Crippen molar-refractivity contribution < 1.29 is 0 Å². The molecule has 0 spiro atoms. The van der Waals surface area contributed by atoms with Crippen molar-refractivity contribution in [3.8, 4) is 16.4 Å². The van der Waals surface area contributed by atoms with Gasteiger partial charge in [-0.2, -0.15) is 0 Å². The fraction of sp³-hybridized carbons (Fsp3) is 0.182. The molecule has 0 unspecified atom stereocenters. The van der Waals surface area contributed by atoms with Crippen LogP contribution in [-0.2, 0) is 19.6 Å². The first-order valence-corrected chi connectivity index (χ1v) is 10.7. The number of hydrogen-bond acceptors (Lipinski definition) is 4. The number of fused-ring (bicyclic) bond motifs is 1. The molecule has 140 valence electrons. The van der Waals surface area contributed by atoms with Crippen molar-refractivity contribution in [2.45, 2.75) is 19.6 Å². The first kappa shape index (κ1) is 17.6. The number of para-hydroxylation sites is 1. The summed E-state index contributed by atoms with van der Waals surface area (Å²) >= 11 is 7.54. The fourth-order valence-corrected chi connectivity index (χ4v) is 4.73. The summed E-state index contributed by atoms with van der Waals surface area (Å²) in [6.07, 6.45) is 1.07. The van der Waals surface area contributed by atoms with Gasteiger partial charge in [0.15, 0.2) is 5.82 Å². The third kappa shape index (κ3) is 3.24. The molecule has 0 aliphatic carbocycles. The van der Waals surface area contributed by atoms with Gasteiger partial charge in [0, 0.05) is 18.8 Å². The second-order valence-electron chi connectivity index (χ2n) is 6.97. The predicted octanol–water partition coefficient (Wildman–Crippen LogP) is 5.15. The van der Waals surface area contributed by atoms with Crippen LogP contribution in [0.15, 0.2) is 72.1 Å². The van der Waals surface area contributed by atoms with Gasteiger partial charge in [-0.1, -0.05) is 48.5 Å². The molecule has 6 heteroatoms. The summed E-state index contributed by atoms with van der Waals surface area (Å²) in [6, 6.07) is 23.1. The maximum Gasteiger partial charge on any atom is 0.204 e. The van der Waals surface area contributed by atoms with Gasteiger partial charge < -0.3 is 0 Å². The lowest BCUT2D eigenvalue weighted by atomic mass is 10.0. The first-order chi connectivity index (χ1) is 13.8. The molecule has 0 saturated heterocycles. The number of rotatable bonds is 4. The van der Waals surface area contributed by atoms with Crippen molar-refractivity contribution in [3.63, 3.8) is 0 Å². The molecular formula is C22H20N4S2. The average Bonchev–Trinajstić information content (AvgIpc) is 3.37. The lowest BCUT2D eigenvalue weighted by molar-refractivity contribution is 0.188. The number of hydrogen-bond donors (Lipinski definition) is 0. The van der Waals surface area contributed by atoms with Crippen LogP contribution in [0.3, 0.4) is 0 Å². The highest BCUT2D eigenvalue weighted by Crippen LogP contribution is 2.27. The van der Waals surface area contributed by atoms with E-state index < -0.39 is 0 Å². The summed E-state index contributed by atoms with van der Waals surface area (Å²) in [5.41, 5.74) is 3.91. The Morgan fingerprint density at radius 1 is 0.929 bits per heavy atom. The normalized spacial score (nSPS) is 14.1. The van der Waals surface area contributed by atoms with Gasteiger partial charge in [-0.15, -0.1) is 16.4 Å². The first-order valence-electron chi connectivity index (χ1n) is 9.38. The molecule has 1 aliphatic heterocycles. The second-order valence-corrected chi connectivity index (χ2v) is 8.28. The van der Waals surface area contributed by atoms with E-state index in [2.05, 4.69) is 63.4 Å². The van der Waals surface area contributed by atoms with Crippen molar-refractivity contribution >= 4 is 23.6 Å². The van der Waals surface area contributed by atoms with Crippen LogP contribution in [0.1, 0.15) is 11.1 Å². The van der Waals surface area contributed by atoms with Crippen LogP contribution < -0.4 is 0 Å². The molecule has 4 nitrogen and oxygen atoms in total. The summed E-state index contributed by atoms with van der Waals surface area (Å²) < 4.78 is 4.78. The van der Waals surface area contributed by atoms with Crippen molar-refractivity contribution in [1.82, 2.24) is 19.2 Å². The van der Waals surface area contributed by atoms with Gasteiger partial charge in [0.25, 0.3) is 0 Å². The molecule has 0 saturated carbocycles. The molecule has 0 fully saturated rings. The molecular weight excluding hydrogens is 384 g/mol. The van der Waals surface area contributed by atoms with E-state index in [0.29, 0.717) is 6.67 Å². The van der Waals surface area contributed by atoms with E-state index in [9.17, 15) is 0 Å². The van der Waals surface area contributed by atoms with Crippen LogP contribution in [0.25, 0.3) is 16.4 Å². The van der Waals surface area contributed by atoms with E-state index in [1.807, 2.05) is 22.9 Å². The van der Waals surface area contributed by atoms with Gasteiger partial charge in [-0.05, 0) is 53.3 Å². The molecule has 2 aromatic carbocycles. The number of thiophene rings is 1. The van der Waals surface area contributed by atoms with E-state index >= 15 is 0 Å². The lowest BCUT2D eigenvalue weighted by Gasteiger charge is -2.28. The molecule has 0 N–H and O–H groups in total. The smallest absolute Gasteiger partial charge is 0.204 e. The molecule has 28 heavy (non-hydrogen) atoms. The van der Waals surface area contributed by atoms with Crippen LogP contribution in [-0.4, -0.2) is 25.8 Å². The zero-order valence-corrected chi connectivity index (χ0v) is 17.0. The van der Waals surface area contributed by atoms with Gasteiger partial charge >= 0.3 is 0 Å². The zero-order chi connectivity index (χ0) is 18.9. The Balaban J connectivity index is 1.52. The molecule has 0 atom stereocenters. The van der Waals surface area contributed by atoms with E-state index in [4.69, 9.17) is 17.3 Å². The molecule has 0 bridgehead atoms. The van der Waals surface area contributed by atoms with Crippen molar-refractivity contribution in [2.24, 2.45) is 0 Å². The van der Waals surface area contributed by atoms with Crippen LogP contribution in [0.2, 0.25) is 0 Å². The summed E-state index contributed by atoms with van der Waals surface area (Å²) in [6.45, 7) is 2.65. The summed E-state index contributed by atoms with van der Waals surface area (Å²) in [5, 5.41) is 7.00. The topological polar surface area (TPSA) is 26.0 Å². The summed E-state index contributed by atoms with van der Waals surface area (Å²) in [7, 11) is 0. The van der Waals surface area contributed by atoms with Gasteiger partial charge in [0.05, 0.1) is 11.5 Å². The highest BCUT2D eigenvalue weighted by Gasteiger charge is 2.20. The Kier molecular flexibility index (Phi) is 4.68. The van der Waals surface area contributed by atoms with E-state index in [1.165, 1.54) is 11.1 Å². The van der Waals surface area contributed by atoms with Gasteiger partial charge in [0.2, 0.25) is 4.77 Å². The third-order valence-electron chi connectivity index (χ3n) is 5.14. The number of nitrogens with zero attached hydrogens (tertiary/aromatic N) is 4. The molecule has 5 rings (SSSR count). The van der Waals surface area contributed by atoms with Gasteiger partial charge in [-0.25, -0.2) is 4.68 Å². The summed E-state index contributed by atoms with van der Waals surface area (Å²) in [5.74, 6) is 0.906. The minimum atomic E-state index is 0.700. The van der Waals surface area contributed by atoms with E-state index in [1.54, 1.807) is 11.3 Å². The van der Waals surface area contributed by atoms with Crippen LogP contribution in [0.4, 0.5) is 0 Å². The Morgan fingerprint density at radius 3 is 2.50 bits per heavy atom. The molecule has 1 aliphatic rings. The standard InChI is InChI=1S/C22H20N4S2/c27-22-25(16-24-13-12-17-7-4-5-8-18(17)15-24)23-21(20-11-6-14-28-20)26(22)19-9-2-1-3-10-19/h1-11,14H,12-13,15-16H2. The summed E-state index contributed by atoms with van der Waals surface area (Å²) in [4.78, 5) is 3.54. The highest BCUT2D eigenvalue weighted by molar-refractivity contribution is 7.71. The minimum Gasteiger partial charge on any atom is -0.280 e. The van der Waals surface area contributed by atoms with Gasteiger partial charge in [0.1, 0.15) is 0 Å². The van der Waals surface area contributed by atoms with Crippen LogP contribution in [0.5, 0.6) is 0 Å². The van der Waals surface area contributed by atoms with Crippen LogP contribution >= 0.6 is 23.6 Å². The maximum atomic E-state index is 5.86. The lowest BCUT2D eigenvalue weighted by Crippen LogP contribution is -2.32. The molecule has 0 radical (unpaired) electrons. The van der Waals surface area contributed by atoms with Gasteiger partial charge in [-0.3, -0.25) is 9.47 Å². The largest absolute Gasteiger partial charge is 0.280 e. The highest BCUT2D eigenvalue weighted by atomic mass is 32.1. The Bertz CT molecular complexity index is 1140. The zero-order valence-electron chi connectivity index (χ0n) is 15.4. The fourth-order valence-electron chi connectivity index (χ4n) is 3.74. The van der Waals surface area contributed by atoms with Crippen molar-refractivity contribution in [1.29, 1.82) is 0 Å². The Hall–Kier alpha value is -2.54. The molecule has 3 heterocycles. The number of benzene rings is 2. The molecule has 2 aromatic heterocycles. The average molecular weight is 405 g/mol. The maximum absolute atomic E-state index is 5.86. The Labute approximate surface area is 173 Å². The SMILES string of the molecule is S=c1n(CN2CCc3ccccc3C2)nc(-c2cccs2)n1-c1ccccc1. The quantitative estimate of drug-likeness (QED) is 0.440. The van der Waals surface area contributed by atoms with Crippen molar-refractivity contribution in [3.05, 3.63) is 88.0 Å². The predicted molar refractivity (Wildman–Crippen MR) is 116 cm³/mol. The van der Waals surface area contributed by atoms with E-state index in [-0.39, 0.29) is 0 Å². The minimum absolute atomic E-state index is 0.700. The Morgan fingerprint density at radius 2 is 1.71 bits per heavy atom.